The van der Waals surface area contributed by atoms with E-state index in [1.807, 2.05) is 18.2 Å². The summed E-state index contributed by atoms with van der Waals surface area (Å²) in [5.74, 6) is 2.50. The maximum absolute atomic E-state index is 8.43. The van der Waals surface area contributed by atoms with Crippen LogP contribution in [0, 0.1) is 11.3 Å². The molecule has 1 aromatic carbocycles. The number of hydrogen-bond donors (Lipinski definition) is 0. The van der Waals surface area contributed by atoms with Gasteiger partial charge in [0.1, 0.15) is 5.75 Å². The molecule has 17 heavy (non-hydrogen) atoms. The fourth-order valence-corrected chi connectivity index (χ4v) is 2.32. The van der Waals surface area contributed by atoms with Crippen molar-refractivity contribution in [1.82, 2.24) is 0 Å². The van der Waals surface area contributed by atoms with E-state index >= 15 is 0 Å². The molecule has 1 aromatic rings. The minimum Gasteiger partial charge on any atom is -0.492 e. The van der Waals surface area contributed by atoms with Gasteiger partial charge < -0.3 is 4.74 Å². The lowest BCUT2D eigenvalue weighted by Crippen LogP contribution is -1.96. The lowest BCUT2D eigenvalue weighted by Gasteiger charge is -2.08. The fraction of sp³-hybridized carbons (Fsp3) is 0.462. The van der Waals surface area contributed by atoms with Gasteiger partial charge in [-0.15, -0.1) is 0 Å². The van der Waals surface area contributed by atoms with Crippen LogP contribution < -0.4 is 4.74 Å². The van der Waals surface area contributed by atoms with Crippen molar-refractivity contribution in [3.63, 3.8) is 0 Å². The first-order valence-corrected chi connectivity index (χ1v) is 7.17. The van der Waals surface area contributed by atoms with E-state index in [4.69, 9.17) is 21.6 Å². The molecule has 0 aliphatic heterocycles. The molecule has 0 aromatic heterocycles. The van der Waals surface area contributed by atoms with E-state index in [1.165, 1.54) is 5.56 Å². The van der Waals surface area contributed by atoms with Crippen LogP contribution >= 0.6 is 23.4 Å². The normalized spacial score (nSPS) is 9.94. The van der Waals surface area contributed by atoms with E-state index in [0.29, 0.717) is 18.1 Å². The second-order valence-electron chi connectivity index (χ2n) is 3.57. The number of rotatable bonds is 7. The van der Waals surface area contributed by atoms with E-state index in [9.17, 15) is 0 Å². The smallest absolute Gasteiger partial charge is 0.137 e. The van der Waals surface area contributed by atoms with Crippen LogP contribution in [-0.2, 0) is 5.75 Å². The van der Waals surface area contributed by atoms with Crippen molar-refractivity contribution in [2.24, 2.45) is 0 Å². The second-order valence-corrected chi connectivity index (χ2v) is 5.09. The van der Waals surface area contributed by atoms with Crippen LogP contribution in [0.4, 0.5) is 0 Å². The van der Waals surface area contributed by atoms with Gasteiger partial charge in [0.15, 0.2) is 0 Å². The number of halogens is 1. The molecule has 0 amide bonds. The van der Waals surface area contributed by atoms with Gasteiger partial charge in [0.2, 0.25) is 0 Å². The predicted octanol–water partition coefficient (Wildman–Crippen LogP) is 4.28. The minimum atomic E-state index is 0.593. The Hall–Kier alpha value is -0.850. The Morgan fingerprint density at radius 1 is 1.47 bits per heavy atom. The van der Waals surface area contributed by atoms with Crippen LogP contribution in [-0.4, -0.2) is 12.4 Å². The van der Waals surface area contributed by atoms with Gasteiger partial charge in [-0.05, 0) is 24.1 Å². The highest BCUT2D eigenvalue weighted by Gasteiger charge is 2.03. The summed E-state index contributed by atoms with van der Waals surface area (Å²) >= 11 is 7.86. The minimum absolute atomic E-state index is 0.593. The predicted molar refractivity (Wildman–Crippen MR) is 73.6 cm³/mol. The number of nitriles is 1. The zero-order valence-electron chi connectivity index (χ0n) is 9.91. The average Bonchev–Trinajstić information content (AvgIpc) is 2.34. The highest BCUT2D eigenvalue weighted by molar-refractivity contribution is 7.98. The Morgan fingerprint density at radius 3 is 2.94 bits per heavy atom. The van der Waals surface area contributed by atoms with Gasteiger partial charge in [-0.25, -0.2) is 0 Å². The molecular formula is C13H16ClNOS. The molecular weight excluding hydrogens is 254 g/mol. The highest BCUT2D eigenvalue weighted by atomic mass is 35.5. The SMILES string of the molecule is CCCOc1ccc(CSCCC#N)cc1Cl. The zero-order valence-corrected chi connectivity index (χ0v) is 11.5. The molecule has 0 fully saturated rings. The molecule has 92 valence electrons. The molecule has 0 bridgehead atoms. The second kappa shape index (κ2) is 8.27. The van der Waals surface area contributed by atoms with E-state index in [1.54, 1.807) is 11.8 Å². The largest absolute Gasteiger partial charge is 0.492 e. The molecule has 1 rings (SSSR count). The van der Waals surface area contributed by atoms with Crippen molar-refractivity contribution < 1.29 is 4.74 Å². The molecule has 0 heterocycles. The summed E-state index contributed by atoms with van der Waals surface area (Å²) in [6.07, 6.45) is 1.57. The lowest BCUT2D eigenvalue weighted by atomic mass is 10.2. The Bertz CT molecular complexity index is 389. The van der Waals surface area contributed by atoms with Crippen LogP contribution in [0.5, 0.6) is 5.75 Å². The van der Waals surface area contributed by atoms with Gasteiger partial charge in [-0.1, -0.05) is 24.6 Å². The van der Waals surface area contributed by atoms with Crippen molar-refractivity contribution in [2.45, 2.75) is 25.5 Å². The third-order valence-electron chi connectivity index (χ3n) is 2.08. The summed E-state index contributed by atoms with van der Waals surface area (Å²) < 4.78 is 5.50. The van der Waals surface area contributed by atoms with Gasteiger partial charge in [-0.3, -0.25) is 0 Å². The zero-order chi connectivity index (χ0) is 12.5. The van der Waals surface area contributed by atoms with Gasteiger partial charge in [0.05, 0.1) is 17.7 Å². The van der Waals surface area contributed by atoms with E-state index < -0.39 is 0 Å². The van der Waals surface area contributed by atoms with Crippen molar-refractivity contribution in [2.75, 3.05) is 12.4 Å². The Labute approximate surface area is 112 Å². The van der Waals surface area contributed by atoms with E-state index in [2.05, 4.69) is 13.0 Å². The number of ether oxygens (including phenoxy) is 1. The quantitative estimate of drug-likeness (QED) is 0.693. The van der Waals surface area contributed by atoms with Crippen LogP contribution in [0.2, 0.25) is 5.02 Å². The van der Waals surface area contributed by atoms with Crippen molar-refractivity contribution in [3.8, 4) is 11.8 Å². The van der Waals surface area contributed by atoms with Crippen molar-refractivity contribution in [1.29, 1.82) is 5.26 Å². The van der Waals surface area contributed by atoms with Crippen LogP contribution in [0.25, 0.3) is 0 Å². The summed E-state index contributed by atoms with van der Waals surface area (Å²) in [6.45, 7) is 2.75. The summed E-state index contributed by atoms with van der Waals surface area (Å²) in [4.78, 5) is 0. The molecule has 2 nitrogen and oxygen atoms in total. The molecule has 0 radical (unpaired) electrons. The molecule has 4 heteroatoms. The maximum atomic E-state index is 8.43. The van der Waals surface area contributed by atoms with Crippen LogP contribution in [0.3, 0.4) is 0 Å². The van der Waals surface area contributed by atoms with Crippen LogP contribution in [0.15, 0.2) is 18.2 Å². The summed E-state index contributed by atoms with van der Waals surface area (Å²) in [7, 11) is 0. The Morgan fingerprint density at radius 2 is 2.29 bits per heavy atom. The number of hydrogen-bond acceptors (Lipinski definition) is 3. The third-order valence-corrected chi connectivity index (χ3v) is 3.41. The van der Waals surface area contributed by atoms with Crippen LogP contribution in [0.1, 0.15) is 25.3 Å². The molecule has 0 aliphatic rings. The summed E-state index contributed by atoms with van der Waals surface area (Å²) in [6, 6.07) is 8.01. The average molecular weight is 270 g/mol. The first-order valence-electron chi connectivity index (χ1n) is 5.63. The molecule has 0 atom stereocenters. The number of benzene rings is 1. The monoisotopic (exact) mass is 269 g/mol. The summed E-state index contributed by atoms with van der Waals surface area (Å²) in [5, 5.41) is 9.09. The first kappa shape index (κ1) is 14.2. The molecule has 0 saturated carbocycles. The maximum Gasteiger partial charge on any atom is 0.137 e. The molecule has 0 N–H and O–H groups in total. The van der Waals surface area contributed by atoms with Gasteiger partial charge in [0.25, 0.3) is 0 Å². The van der Waals surface area contributed by atoms with E-state index in [0.717, 1.165) is 23.7 Å². The van der Waals surface area contributed by atoms with Gasteiger partial charge in [0, 0.05) is 17.9 Å². The summed E-state index contributed by atoms with van der Waals surface area (Å²) in [5.41, 5.74) is 1.17. The first-order chi connectivity index (χ1) is 8.27. The van der Waals surface area contributed by atoms with Crippen molar-refractivity contribution in [3.05, 3.63) is 28.8 Å². The molecule has 0 spiro atoms. The molecule has 0 unspecified atom stereocenters. The highest BCUT2D eigenvalue weighted by Crippen LogP contribution is 2.27. The Balaban J connectivity index is 2.47. The van der Waals surface area contributed by atoms with Gasteiger partial charge >= 0.3 is 0 Å². The topological polar surface area (TPSA) is 33.0 Å². The Kier molecular flexibility index (Phi) is 6.91. The standard InChI is InChI=1S/C13H16ClNOS/c1-2-7-16-13-5-4-11(9-12(13)14)10-17-8-3-6-15/h4-5,9H,2-3,7-8,10H2,1H3. The lowest BCUT2D eigenvalue weighted by molar-refractivity contribution is 0.317. The van der Waals surface area contributed by atoms with Crippen molar-refractivity contribution >= 4 is 23.4 Å². The number of thioether (sulfide) groups is 1. The molecule has 0 aliphatic carbocycles. The van der Waals surface area contributed by atoms with E-state index in [-0.39, 0.29) is 0 Å². The molecule has 0 saturated heterocycles. The fourth-order valence-electron chi connectivity index (χ4n) is 1.27. The number of nitrogens with zero attached hydrogens (tertiary/aromatic N) is 1. The third kappa shape index (κ3) is 5.34. The van der Waals surface area contributed by atoms with Gasteiger partial charge in [-0.2, -0.15) is 17.0 Å².